The first-order valence-corrected chi connectivity index (χ1v) is 6.26. The fourth-order valence-corrected chi connectivity index (χ4v) is 2.04. The summed E-state index contributed by atoms with van der Waals surface area (Å²) in [5.74, 6) is 0.134. The Balaban J connectivity index is 2.13. The number of halogens is 1. The number of aromatic nitrogens is 4. The molecular weight excluding hydrogens is 284 g/mol. The molecule has 2 aromatic rings. The van der Waals surface area contributed by atoms with Gasteiger partial charge in [0.1, 0.15) is 5.69 Å². The van der Waals surface area contributed by atoms with Gasteiger partial charge in [0.25, 0.3) is 0 Å². The van der Waals surface area contributed by atoms with Gasteiger partial charge in [-0.3, -0.25) is 14.8 Å². The van der Waals surface area contributed by atoms with Gasteiger partial charge in [0.15, 0.2) is 0 Å². The number of hydrogen-bond donors (Lipinski definition) is 1. The Morgan fingerprint density at radius 3 is 2.85 bits per heavy atom. The Kier molecular flexibility index (Phi) is 4.14. The van der Waals surface area contributed by atoms with Gasteiger partial charge in [0.05, 0.1) is 4.92 Å². The maximum Gasteiger partial charge on any atom is 0.332 e. The van der Waals surface area contributed by atoms with Gasteiger partial charge < -0.3 is 5.32 Å². The van der Waals surface area contributed by atoms with E-state index in [2.05, 4.69) is 20.4 Å². The second-order valence-electron chi connectivity index (χ2n) is 4.16. The zero-order valence-corrected chi connectivity index (χ0v) is 11.8. The van der Waals surface area contributed by atoms with Crippen molar-refractivity contribution in [2.24, 2.45) is 7.05 Å². The van der Waals surface area contributed by atoms with Gasteiger partial charge in [0.2, 0.25) is 11.1 Å². The molecule has 0 bridgehead atoms. The summed E-state index contributed by atoms with van der Waals surface area (Å²) in [6, 6.07) is 1.88. The highest BCUT2D eigenvalue weighted by Crippen LogP contribution is 2.26. The standard InChI is InChI=1S/C11H13ClN6O2/c1-7-9(18(19)20)10(16-11(12)15-7)13-5-3-8-4-6-14-17(8)2/h4,6H,3,5H2,1-2H3,(H,13,15,16). The lowest BCUT2D eigenvalue weighted by Gasteiger charge is -2.08. The third kappa shape index (κ3) is 3.02. The van der Waals surface area contributed by atoms with Crippen LogP contribution in [0.15, 0.2) is 12.3 Å². The highest BCUT2D eigenvalue weighted by molar-refractivity contribution is 6.28. The Labute approximate surface area is 120 Å². The van der Waals surface area contributed by atoms with Gasteiger partial charge in [-0.15, -0.1) is 0 Å². The molecule has 1 N–H and O–H groups in total. The summed E-state index contributed by atoms with van der Waals surface area (Å²) in [5, 5.41) is 18.0. The quantitative estimate of drug-likeness (QED) is 0.512. The predicted molar refractivity (Wildman–Crippen MR) is 73.8 cm³/mol. The van der Waals surface area contributed by atoms with Gasteiger partial charge in [-0.2, -0.15) is 10.1 Å². The summed E-state index contributed by atoms with van der Waals surface area (Å²) in [6.07, 6.45) is 2.36. The third-order valence-electron chi connectivity index (χ3n) is 2.81. The molecule has 0 spiro atoms. The molecule has 0 aliphatic rings. The molecule has 0 unspecified atom stereocenters. The molecule has 0 fully saturated rings. The van der Waals surface area contributed by atoms with E-state index < -0.39 is 4.92 Å². The second kappa shape index (κ2) is 5.83. The number of anilines is 1. The number of hydrogen-bond acceptors (Lipinski definition) is 6. The lowest BCUT2D eigenvalue weighted by atomic mass is 10.3. The monoisotopic (exact) mass is 296 g/mol. The lowest BCUT2D eigenvalue weighted by molar-refractivity contribution is -0.385. The van der Waals surface area contributed by atoms with Crippen molar-refractivity contribution in [3.05, 3.63) is 39.0 Å². The van der Waals surface area contributed by atoms with Crippen molar-refractivity contribution in [1.82, 2.24) is 19.7 Å². The minimum Gasteiger partial charge on any atom is -0.364 e. The maximum absolute atomic E-state index is 11.0. The molecule has 20 heavy (non-hydrogen) atoms. The van der Waals surface area contributed by atoms with Crippen molar-refractivity contribution in [2.45, 2.75) is 13.3 Å². The summed E-state index contributed by atoms with van der Waals surface area (Å²) in [5.41, 5.74) is 1.09. The van der Waals surface area contributed by atoms with Crippen molar-refractivity contribution in [3.63, 3.8) is 0 Å². The zero-order valence-electron chi connectivity index (χ0n) is 11.0. The zero-order chi connectivity index (χ0) is 14.7. The molecule has 9 heteroatoms. The van der Waals surface area contributed by atoms with Gasteiger partial charge in [0, 0.05) is 31.9 Å². The minimum absolute atomic E-state index is 0.0175. The van der Waals surface area contributed by atoms with E-state index in [0.717, 1.165) is 5.69 Å². The van der Waals surface area contributed by atoms with Crippen LogP contribution < -0.4 is 5.32 Å². The van der Waals surface area contributed by atoms with Crippen LogP contribution in [0.1, 0.15) is 11.4 Å². The smallest absolute Gasteiger partial charge is 0.332 e. The van der Waals surface area contributed by atoms with Gasteiger partial charge in [-0.1, -0.05) is 0 Å². The molecule has 0 saturated carbocycles. The van der Waals surface area contributed by atoms with E-state index >= 15 is 0 Å². The van der Waals surface area contributed by atoms with Crippen molar-refractivity contribution in [2.75, 3.05) is 11.9 Å². The summed E-state index contributed by atoms with van der Waals surface area (Å²) in [6.45, 7) is 2.01. The largest absolute Gasteiger partial charge is 0.364 e. The first kappa shape index (κ1) is 14.2. The van der Waals surface area contributed by atoms with Crippen LogP contribution in [-0.2, 0) is 13.5 Å². The number of nitro groups is 1. The van der Waals surface area contributed by atoms with Gasteiger partial charge in [-0.25, -0.2) is 4.98 Å². The highest BCUT2D eigenvalue weighted by Gasteiger charge is 2.21. The predicted octanol–water partition coefficient (Wildman–Crippen LogP) is 1.73. The molecule has 106 valence electrons. The molecular formula is C11H13ClN6O2. The van der Waals surface area contributed by atoms with Crippen molar-refractivity contribution >= 4 is 23.1 Å². The Bertz CT molecular complexity index is 642. The normalized spacial score (nSPS) is 10.6. The molecule has 0 radical (unpaired) electrons. The molecule has 0 atom stereocenters. The number of nitrogens with zero attached hydrogens (tertiary/aromatic N) is 5. The molecule has 2 aromatic heterocycles. The third-order valence-corrected chi connectivity index (χ3v) is 2.98. The van der Waals surface area contributed by atoms with E-state index in [4.69, 9.17) is 11.6 Å². The SMILES string of the molecule is Cc1nc(Cl)nc(NCCc2ccnn2C)c1[N+](=O)[O-]. The van der Waals surface area contributed by atoms with Gasteiger partial charge in [-0.05, 0) is 24.6 Å². The fraction of sp³-hybridized carbons (Fsp3) is 0.364. The van der Waals surface area contributed by atoms with Crippen LogP contribution in [0.25, 0.3) is 0 Å². The van der Waals surface area contributed by atoms with Crippen LogP contribution in [0.4, 0.5) is 11.5 Å². The summed E-state index contributed by atoms with van der Waals surface area (Å²) < 4.78 is 1.74. The molecule has 2 heterocycles. The van der Waals surface area contributed by atoms with Crippen LogP contribution in [0.2, 0.25) is 5.28 Å². The Morgan fingerprint density at radius 1 is 1.50 bits per heavy atom. The summed E-state index contributed by atoms with van der Waals surface area (Å²) in [7, 11) is 1.84. The first-order valence-electron chi connectivity index (χ1n) is 5.88. The Hall–Kier alpha value is -2.22. The summed E-state index contributed by atoms with van der Waals surface area (Å²) in [4.78, 5) is 18.2. The summed E-state index contributed by atoms with van der Waals surface area (Å²) >= 11 is 5.73. The van der Waals surface area contributed by atoms with E-state index in [1.54, 1.807) is 10.9 Å². The van der Waals surface area contributed by atoms with Crippen LogP contribution in [-0.4, -0.2) is 31.2 Å². The second-order valence-corrected chi connectivity index (χ2v) is 4.49. The van der Waals surface area contributed by atoms with Crippen LogP contribution >= 0.6 is 11.6 Å². The molecule has 0 saturated heterocycles. The topological polar surface area (TPSA) is 98.8 Å². The number of rotatable bonds is 5. The van der Waals surface area contributed by atoms with E-state index in [-0.39, 0.29) is 22.5 Å². The first-order chi connectivity index (χ1) is 9.49. The van der Waals surface area contributed by atoms with Crippen molar-refractivity contribution < 1.29 is 4.92 Å². The van der Waals surface area contributed by atoms with Gasteiger partial charge >= 0.3 is 5.69 Å². The lowest BCUT2D eigenvalue weighted by Crippen LogP contribution is -2.12. The van der Waals surface area contributed by atoms with Crippen molar-refractivity contribution in [3.8, 4) is 0 Å². The molecule has 0 amide bonds. The number of nitrogens with one attached hydrogen (secondary N) is 1. The minimum atomic E-state index is -0.516. The molecule has 0 aliphatic carbocycles. The highest BCUT2D eigenvalue weighted by atomic mass is 35.5. The average molecular weight is 297 g/mol. The van der Waals surface area contributed by atoms with Crippen LogP contribution in [0, 0.1) is 17.0 Å². The van der Waals surface area contributed by atoms with E-state index in [1.807, 2.05) is 13.1 Å². The van der Waals surface area contributed by atoms with E-state index in [0.29, 0.717) is 13.0 Å². The fourth-order valence-electron chi connectivity index (χ4n) is 1.83. The van der Waals surface area contributed by atoms with E-state index in [9.17, 15) is 10.1 Å². The number of aryl methyl sites for hydroxylation is 2. The van der Waals surface area contributed by atoms with Crippen LogP contribution in [0.5, 0.6) is 0 Å². The molecule has 8 nitrogen and oxygen atoms in total. The Morgan fingerprint density at radius 2 is 2.25 bits per heavy atom. The maximum atomic E-state index is 11.0. The van der Waals surface area contributed by atoms with Crippen molar-refractivity contribution in [1.29, 1.82) is 0 Å². The average Bonchev–Trinajstić information content (AvgIpc) is 2.73. The van der Waals surface area contributed by atoms with Crippen LogP contribution in [0.3, 0.4) is 0 Å². The van der Waals surface area contributed by atoms with E-state index in [1.165, 1.54) is 6.92 Å². The molecule has 0 aromatic carbocycles. The molecule has 2 rings (SSSR count). The molecule has 0 aliphatic heterocycles.